The van der Waals surface area contributed by atoms with Gasteiger partial charge in [0.1, 0.15) is 0 Å². The topological polar surface area (TPSA) is 47.2 Å². The van der Waals surface area contributed by atoms with E-state index in [1.807, 2.05) is 12.3 Å². The van der Waals surface area contributed by atoms with E-state index in [4.69, 9.17) is 5.10 Å². The Labute approximate surface area is 162 Å². The fraction of sp³-hybridized carbons (Fsp3) is 0.350. The smallest absolute Gasteiger partial charge is 0.159 e. The van der Waals surface area contributed by atoms with E-state index in [1.165, 1.54) is 11.1 Å². The zero-order chi connectivity index (χ0) is 18.1. The lowest BCUT2D eigenvalue weighted by Crippen LogP contribution is -2.45. The summed E-state index contributed by atoms with van der Waals surface area (Å²) in [6, 6.07) is 8.69. The van der Waals surface area contributed by atoms with Crippen LogP contribution in [0.3, 0.4) is 0 Å². The highest BCUT2D eigenvalue weighted by molar-refractivity contribution is 9.10. The zero-order valence-corrected chi connectivity index (χ0v) is 16.8. The number of likely N-dealkylation sites (N-methyl/N-ethyl adjacent to an activating group) is 1. The Morgan fingerprint density at radius 1 is 1.19 bits per heavy atom. The summed E-state index contributed by atoms with van der Waals surface area (Å²) in [5.41, 5.74) is 4.62. The number of dihydropyridines is 1. The van der Waals surface area contributed by atoms with Crippen LogP contribution < -0.4 is 10.2 Å². The number of anilines is 1. The normalized spacial score (nSPS) is 20.8. The van der Waals surface area contributed by atoms with Gasteiger partial charge in [-0.05, 0) is 44.0 Å². The van der Waals surface area contributed by atoms with Gasteiger partial charge in [0.2, 0.25) is 0 Å². The molecule has 1 aromatic heterocycles. The Hall–Kier alpha value is -2.05. The van der Waals surface area contributed by atoms with Crippen LogP contribution in [0, 0.1) is 0 Å². The summed E-state index contributed by atoms with van der Waals surface area (Å²) >= 11 is 3.59. The van der Waals surface area contributed by atoms with Crippen LogP contribution in [0.25, 0.3) is 16.8 Å². The lowest BCUT2D eigenvalue weighted by atomic mass is 9.97. The molecule has 2 aliphatic heterocycles. The van der Waals surface area contributed by atoms with E-state index in [0.717, 1.165) is 47.7 Å². The SMILES string of the molecule is CC1C=C(c2c(N3CCN(C)CC3)n[nH]c2-c2cccc(Br)c2)C=CN1. The first-order valence-electron chi connectivity index (χ1n) is 9.04. The Morgan fingerprint density at radius 2 is 2.00 bits per heavy atom. The Morgan fingerprint density at radius 3 is 2.73 bits per heavy atom. The molecule has 0 spiro atoms. The van der Waals surface area contributed by atoms with Crippen LogP contribution in [0.1, 0.15) is 12.5 Å². The van der Waals surface area contributed by atoms with Crippen LogP contribution >= 0.6 is 15.9 Å². The molecule has 1 atom stereocenters. The maximum absolute atomic E-state index is 4.74. The molecule has 5 nitrogen and oxygen atoms in total. The first-order valence-corrected chi connectivity index (χ1v) is 9.84. The van der Waals surface area contributed by atoms with Crippen LogP contribution in [0.4, 0.5) is 5.82 Å². The van der Waals surface area contributed by atoms with E-state index in [1.54, 1.807) is 0 Å². The molecule has 4 rings (SSSR count). The minimum Gasteiger partial charge on any atom is -0.385 e. The number of aromatic nitrogens is 2. The molecule has 1 unspecified atom stereocenters. The molecule has 2 aliphatic rings. The minimum absolute atomic E-state index is 0.306. The molecule has 0 amide bonds. The summed E-state index contributed by atoms with van der Waals surface area (Å²) in [6.45, 7) is 6.28. The molecule has 2 aromatic rings. The van der Waals surface area contributed by atoms with Gasteiger partial charge in [0.25, 0.3) is 0 Å². The third kappa shape index (κ3) is 3.44. The zero-order valence-electron chi connectivity index (χ0n) is 15.2. The number of hydrogen-bond acceptors (Lipinski definition) is 4. The van der Waals surface area contributed by atoms with Gasteiger partial charge in [-0.15, -0.1) is 0 Å². The highest BCUT2D eigenvalue weighted by atomic mass is 79.9. The summed E-state index contributed by atoms with van der Waals surface area (Å²) in [5, 5.41) is 11.4. The van der Waals surface area contributed by atoms with E-state index < -0.39 is 0 Å². The summed E-state index contributed by atoms with van der Waals surface area (Å²) in [7, 11) is 2.18. The van der Waals surface area contributed by atoms with Crippen LogP contribution in [0.2, 0.25) is 0 Å². The fourth-order valence-corrected chi connectivity index (χ4v) is 3.93. The molecule has 1 fully saturated rings. The van der Waals surface area contributed by atoms with Crippen molar-refractivity contribution in [1.29, 1.82) is 0 Å². The number of halogens is 1. The second kappa shape index (κ2) is 7.29. The predicted octanol–water partition coefficient (Wildman–Crippen LogP) is 3.48. The lowest BCUT2D eigenvalue weighted by Gasteiger charge is -2.33. The van der Waals surface area contributed by atoms with E-state index in [9.17, 15) is 0 Å². The number of H-pyrrole nitrogens is 1. The first-order chi connectivity index (χ1) is 12.6. The number of rotatable bonds is 3. The number of allylic oxidation sites excluding steroid dienone is 2. The number of nitrogens with zero attached hydrogens (tertiary/aromatic N) is 3. The van der Waals surface area contributed by atoms with Crippen molar-refractivity contribution in [3.05, 3.63) is 52.7 Å². The van der Waals surface area contributed by atoms with Crippen LogP contribution in [0.5, 0.6) is 0 Å². The number of hydrogen-bond donors (Lipinski definition) is 2. The fourth-order valence-electron chi connectivity index (χ4n) is 3.54. The number of benzene rings is 1. The molecular formula is C20H24BrN5. The van der Waals surface area contributed by atoms with Crippen LogP contribution in [-0.4, -0.2) is 54.4 Å². The Bertz CT molecular complexity index is 846. The van der Waals surface area contributed by atoms with Gasteiger partial charge in [-0.2, -0.15) is 5.10 Å². The third-order valence-electron chi connectivity index (χ3n) is 5.00. The average Bonchev–Trinajstić information content (AvgIpc) is 3.07. The number of aromatic amines is 1. The van der Waals surface area contributed by atoms with Crippen molar-refractivity contribution in [3.8, 4) is 11.3 Å². The third-order valence-corrected chi connectivity index (χ3v) is 5.50. The van der Waals surface area contributed by atoms with Crippen LogP contribution in [0.15, 0.2) is 47.1 Å². The Kier molecular flexibility index (Phi) is 4.87. The number of piperazine rings is 1. The largest absolute Gasteiger partial charge is 0.385 e. The van der Waals surface area contributed by atoms with Crippen LogP contribution in [-0.2, 0) is 0 Å². The van der Waals surface area contributed by atoms with Gasteiger partial charge < -0.3 is 15.1 Å². The summed E-state index contributed by atoms with van der Waals surface area (Å²) in [4.78, 5) is 4.76. The molecule has 26 heavy (non-hydrogen) atoms. The van der Waals surface area contributed by atoms with Gasteiger partial charge in [-0.25, -0.2) is 0 Å². The summed E-state index contributed by atoms with van der Waals surface area (Å²) in [6.07, 6.45) is 6.45. The van der Waals surface area contributed by atoms with Crippen molar-refractivity contribution in [2.24, 2.45) is 0 Å². The molecular weight excluding hydrogens is 390 g/mol. The highest BCUT2D eigenvalue weighted by Gasteiger charge is 2.25. The van der Waals surface area contributed by atoms with Gasteiger partial charge in [0.05, 0.1) is 11.3 Å². The average molecular weight is 414 g/mol. The molecule has 0 radical (unpaired) electrons. The molecule has 0 aliphatic carbocycles. The minimum atomic E-state index is 0.306. The molecule has 136 valence electrons. The Balaban J connectivity index is 1.81. The van der Waals surface area contributed by atoms with Crippen molar-refractivity contribution in [1.82, 2.24) is 20.4 Å². The molecule has 0 bridgehead atoms. The van der Waals surface area contributed by atoms with E-state index in [0.29, 0.717) is 6.04 Å². The maximum Gasteiger partial charge on any atom is 0.159 e. The molecule has 6 heteroatoms. The summed E-state index contributed by atoms with van der Waals surface area (Å²) in [5.74, 6) is 1.05. The quantitative estimate of drug-likeness (QED) is 0.808. The molecule has 0 saturated carbocycles. The molecule has 1 aromatic carbocycles. The second-order valence-electron chi connectivity index (χ2n) is 7.01. The maximum atomic E-state index is 4.74. The van der Waals surface area contributed by atoms with Crippen molar-refractivity contribution in [2.75, 3.05) is 38.1 Å². The van der Waals surface area contributed by atoms with Gasteiger partial charge in [-0.1, -0.05) is 34.1 Å². The highest BCUT2D eigenvalue weighted by Crippen LogP contribution is 2.37. The van der Waals surface area contributed by atoms with Gasteiger partial charge in [0.15, 0.2) is 5.82 Å². The van der Waals surface area contributed by atoms with Gasteiger partial charge >= 0.3 is 0 Å². The monoisotopic (exact) mass is 413 g/mol. The lowest BCUT2D eigenvalue weighted by molar-refractivity contribution is 0.312. The van der Waals surface area contributed by atoms with Crippen molar-refractivity contribution in [2.45, 2.75) is 13.0 Å². The molecule has 2 N–H and O–H groups in total. The summed E-state index contributed by atoms with van der Waals surface area (Å²) < 4.78 is 1.07. The van der Waals surface area contributed by atoms with Crippen molar-refractivity contribution < 1.29 is 0 Å². The molecule has 1 saturated heterocycles. The van der Waals surface area contributed by atoms with Crippen molar-refractivity contribution in [3.63, 3.8) is 0 Å². The van der Waals surface area contributed by atoms with E-state index >= 15 is 0 Å². The second-order valence-corrected chi connectivity index (χ2v) is 7.92. The molecule has 3 heterocycles. The van der Waals surface area contributed by atoms with Crippen molar-refractivity contribution >= 4 is 27.3 Å². The standard InChI is InChI=1S/C20H24BrN5/c1-14-12-15(6-7-22-14)18-19(16-4-3-5-17(21)13-16)23-24-20(18)26-10-8-25(2)9-11-26/h3-7,12-14,22H,8-11H2,1-2H3,(H,23,24). The first kappa shape index (κ1) is 17.4. The van der Waals surface area contributed by atoms with Gasteiger partial charge in [0, 0.05) is 42.3 Å². The predicted molar refractivity (Wildman–Crippen MR) is 111 cm³/mol. The van der Waals surface area contributed by atoms with E-state index in [-0.39, 0.29) is 0 Å². The number of nitrogens with one attached hydrogen (secondary N) is 2. The van der Waals surface area contributed by atoms with Gasteiger partial charge in [-0.3, -0.25) is 5.10 Å². The van der Waals surface area contributed by atoms with E-state index in [2.05, 4.69) is 80.5 Å².